The number of rotatable bonds is 5. The molecule has 0 fully saturated rings. The molecular weight excluding hydrogens is 610 g/mol. The number of hydrogen-bond acceptors (Lipinski definition) is 11. The van der Waals surface area contributed by atoms with Gasteiger partial charge in [-0.25, -0.2) is 0 Å². The van der Waals surface area contributed by atoms with Crippen LogP contribution < -0.4 is 14.4 Å². The van der Waals surface area contributed by atoms with E-state index in [9.17, 15) is 24.6 Å². The van der Waals surface area contributed by atoms with Gasteiger partial charge in [0.25, 0.3) is 6.47 Å². The fraction of sp³-hybridized carbons (Fsp3) is 0.400. The molecule has 0 saturated heterocycles. The Morgan fingerprint density at radius 2 is 1.57 bits per heavy atom. The summed E-state index contributed by atoms with van der Waals surface area (Å²) in [6.07, 6.45) is 4.80. The van der Waals surface area contributed by atoms with Crippen LogP contribution in [0.3, 0.4) is 0 Å². The predicted octanol–water partition coefficient (Wildman–Crippen LogP) is 3.44. The average Bonchev–Trinajstić information content (AvgIpc) is 3.03. The first-order valence-corrected chi connectivity index (χ1v) is 15.4. The van der Waals surface area contributed by atoms with Crippen LogP contribution in [-0.4, -0.2) is 101 Å². The number of allylic oxidation sites excluding steroid dienone is 5. The maximum Gasteiger partial charge on any atom is 0.323 e. The molecule has 1 heterocycles. The van der Waals surface area contributed by atoms with Gasteiger partial charge in [-0.05, 0) is 52.6 Å². The number of ketones is 1. The van der Waals surface area contributed by atoms with Gasteiger partial charge in [0.15, 0.2) is 5.78 Å². The summed E-state index contributed by atoms with van der Waals surface area (Å²) in [4.78, 5) is 38.1. The number of phenols is 1. The van der Waals surface area contributed by atoms with Gasteiger partial charge < -0.3 is 43.5 Å². The fourth-order valence-electron chi connectivity index (χ4n) is 5.96. The molecule has 2 aromatic rings. The lowest BCUT2D eigenvalue weighted by molar-refractivity contribution is -0.135. The van der Waals surface area contributed by atoms with E-state index in [1.165, 1.54) is 6.08 Å². The van der Waals surface area contributed by atoms with E-state index in [0.29, 0.717) is 68.7 Å². The number of anilines is 1. The van der Waals surface area contributed by atoms with Crippen LogP contribution in [0, 0.1) is 0 Å². The quantitative estimate of drug-likeness (QED) is 0.457. The van der Waals surface area contributed by atoms with E-state index in [1.807, 2.05) is 13.8 Å². The molecule has 0 amide bonds. The second kappa shape index (κ2) is 15.4. The maximum absolute atomic E-state index is 12.6. The molecule has 5 rings (SSSR count). The minimum absolute atomic E-state index is 0.0659. The summed E-state index contributed by atoms with van der Waals surface area (Å²) in [7, 11) is 0. The summed E-state index contributed by atoms with van der Waals surface area (Å²) in [6, 6.07) is 8.32. The molecule has 0 saturated carbocycles. The van der Waals surface area contributed by atoms with E-state index in [4.69, 9.17) is 28.4 Å². The molecular formula is C35H39NO11. The maximum atomic E-state index is 12.6. The summed E-state index contributed by atoms with van der Waals surface area (Å²) in [5, 5.41) is 20.3. The third kappa shape index (κ3) is 7.91. The van der Waals surface area contributed by atoms with Crippen molar-refractivity contribution in [2.24, 2.45) is 0 Å². The molecule has 1 aliphatic heterocycles. The molecule has 0 atom stereocenters. The Bertz CT molecular complexity index is 1590. The third-order valence-corrected chi connectivity index (χ3v) is 8.16. The van der Waals surface area contributed by atoms with Crippen LogP contribution in [0.4, 0.5) is 5.69 Å². The molecule has 12 heteroatoms. The van der Waals surface area contributed by atoms with Crippen LogP contribution in [0.25, 0.3) is 5.57 Å². The number of phenolic OH excluding ortho intramolecular Hbond substituents is 1. The lowest BCUT2D eigenvalue weighted by Crippen LogP contribution is -2.33. The van der Waals surface area contributed by atoms with Gasteiger partial charge in [0.2, 0.25) is 0 Å². The van der Waals surface area contributed by atoms with Gasteiger partial charge in [0.1, 0.15) is 30.4 Å². The number of benzene rings is 2. The molecule has 0 unspecified atom stereocenters. The normalized spacial score (nSPS) is 19.2. The largest absolute Gasteiger partial charge is 0.508 e. The number of carbonyl (C=O) groups excluding carboxylic acids is 2. The lowest BCUT2D eigenvalue weighted by Gasteiger charge is -2.39. The first-order chi connectivity index (χ1) is 22.7. The van der Waals surface area contributed by atoms with Crippen LogP contribution in [0.5, 0.6) is 17.2 Å². The molecule has 0 spiro atoms. The zero-order valence-electron chi connectivity index (χ0n) is 26.5. The Morgan fingerprint density at radius 3 is 2.23 bits per heavy atom. The van der Waals surface area contributed by atoms with Crippen molar-refractivity contribution in [2.75, 3.05) is 77.5 Å². The van der Waals surface area contributed by atoms with Crippen LogP contribution in [0.2, 0.25) is 0 Å². The van der Waals surface area contributed by atoms with E-state index in [-0.39, 0.29) is 50.2 Å². The van der Waals surface area contributed by atoms with E-state index < -0.39 is 11.4 Å². The van der Waals surface area contributed by atoms with E-state index in [1.54, 1.807) is 47.4 Å². The zero-order valence-corrected chi connectivity index (χ0v) is 26.5. The van der Waals surface area contributed by atoms with Crippen molar-refractivity contribution >= 4 is 29.5 Å². The molecule has 2 aliphatic carbocycles. The SMILES string of the molecule is CC1(C)C2=CC(=O)C=CC2=C(c2cc3c(cc2OC=O)N(CC(=O)O)CCOCCOCCOCCOCCO3)c2ccc(O)cc21. The third-order valence-electron chi connectivity index (χ3n) is 8.16. The molecule has 2 N–H and O–H groups in total. The molecule has 47 heavy (non-hydrogen) atoms. The fourth-order valence-corrected chi connectivity index (χ4v) is 5.96. The standard InChI is InChI=1S/C35H39NO11/c1-35(2)28-17-23(38)3-5-25(28)34(26-6-4-24(39)18-29(26)35)27-19-32-30(20-31(27)47-22-37)36(21-33(40)41)7-8-42-9-10-43-11-12-44-13-14-45-15-16-46-32/h3-6,17-20,22,38H,7-16,21H2,1-2H3,(H,40,41). The van der Waals surface area contributed by atoms with Crippen molar-refractivity contribution in [3.05, 3.63) is 76.4 Å². The molecule has 0 radical (unpaired) electrons. The summed E-state index contributed by atoms with van der Waals surface area (Å²) in [5.74, 6) is -0.710. The highest BCUT2D eigenvalue weighted by atomic mass is 16.6. The molecule has 3 aliphatic rings. The first kappa shape index (κ1) is 33.9. The lowest BCUT2D eigenvalue weighted by atomic mass is 9.64. The van der Waals surface area contributed by atoms with Crippen molar-refractivity contribution < 1.29 is 53.0 Å². The highest BCUT2D eigenvalue weighted by Crippen LogP contribution is 2.53. The van der Waals surface area contributed by atoms with Crippen LogP contribution in [0.1, 0.15) is 30.5 Å². The molecule has 250 valence electrons. The van der Waals surface area contributed by atoms with E-state index >= 15 is 0 Å². The first-order valence-electron chi connectivity index (χ1n) is 15.4. The minimum atomic E-state index is -1.08. The van der Waals surface area contributed by atoms with Gasteiger partial charge in [0.05, 0.1) is 58.5 Å². The number of carboxylic acid groups (broad SMARTS) is 1. The van der Waals surface area contributed by atoms with Gasteiger partial charge in [-0.2, -0.15) is 0 Å². The van der Waals surface area contributed by atoms with E-state index in [2.05, 4.69) is 0 Å². The van der Waals surface area contributed by atoms with Crippen molar-refractivity contribution in [1.82, 2.24) is 0 Å². The monoisotopic (exact) mass is 649 g/mol. The second-order valence-electron chi connectivity index (χ2n) is 11.6. The number of fused-ring (bicyclic) bond motifs is 3. The van der Waals surface area contributed by atoms with Gasteiger partial charge >= 0.3 is 5.97 Å². The Hall–Kier alpha value is -4.49. The Labute approximate surface area is 272 Å². The van der Waals surface area contributed by atoms with Gasteiger partial charge in [-0.1, -0.05) is 26.0 Å². The topological polar surface area (TPSA) is 150 Å². The number of nitrogens with zero attached hydrogens (tertiary/aromatic N) is 1. The second-order valence-corrected chi connectivity index (χ2v) is 11.6. The summed E-state index contributed by atoms with van der Waals surface area (Å²) in [6.45, 7) is 6.83. The zero-order chi connectivity index (χ0) is 33.4. The molecule has 12 nitrogen and oxygen atoms in total. The number of hydrogen-bond donors (Lipinski definition) is 2. The van der Waals surface area contributed by atoms with Gasteiger partial charge in [-0.15, -0.1) is 0 Å². The minimum Gasteiger partial charge on any atom is -0.508 e. The highest BCUT2D eigenvalue weighted by molar-refractivity contribution is 6.06. The Balaban J connectivity index is 1.66. The van der Waals surface area contributed by atoms with Crippen LogP contribution in [0.15, 0.2) is 59.7 Å². The molecule has 2 aromatic carbocycles. The number of aromatic hydroxyl groups is 1. The predicted molar refractivity (Wildman–Crippen MR) is 171 cm³/mol. The van der Waals surface area contributed by atoms with Crippen molar-refractivity contribution in [1.29, 1.82) is 0 Å². The Kier molecular flexibility index (Phi) is 11.1. The average molecular weight is 650 g/mol. The number of carboxylic acids is 1. The number of carbonyl (C=O) groups is 3. The number of aliphatic carboxylic acids is 1. The van der Waals surface area contributed by atoms with E-state index in [0.717, 1.165) is 22.3 Å². The van der Waals surface area contributed by atoms with Gasteiger partial charge in [-0.3, -0.25) is 14.4 Å². The van der Waals surface area contributed by atoms with Crippen molar-refractivity contribution in [3.8, 4) is 17.2 Å². The smallest absolute Gasteiger partial charge is 0.323 e. The van der Waals surface area contributed by atoms with Crippen LogP contribution in [-0.2, 0) is 38.7 Å². The van der Waals surface area contributed by atoms with Crippen molar-refractivity contribution in [3.63, 3.8) is 0 Å². The Morgan fingerprint density at radius 1 is 0.915 bits per heavy atom. The summed E-state index contributed by atoms with van der Waals surface area (Å²) >= 11 is 0. The molecule has 0 aromatic heterocycles. The number of ether oxygens (including phenoxy) is 6. The summed E-state index contributed by atoms with van der Waals surface area (Å²) < 4.78 is 34.3. The summed E-state index contributed by atoms with van der Waals surface area (Å²) in [5.41, 5.74) is 3.85. The van der Waals surface area contributed by atoms with Crippen molar-refractivity contribution in [2.45, 2.75) is 19.3 Å². The van der Waals surface area contributed by atoms with Crippen LogP contribution >= 0.6 is 0 Å². The molecule has 0 bridgehead atoms. The van der Waals surface area contributed by atoms with Gasteiger partial charge in [0, 0.05) is 29.2 Å². The highest BCUT2D eigenvalue weighted by Gasteiger charge is 2.39.